The van der Waals surface area contributed by atoms with E-state index < -0.39 is 0 Å². The number of unbranched alkanes of at least 4 members (excludes halogenated alkanes) is 1. The van der Waals surface area contributed by atoms with Gasteiger partial charge in [-0.1, -0.05) is 25.5 Å². The summed E-state index contributed by atoms with van der Waals surface area (Å²) in [5, 5.41) is 5.85. The fourth-order valence-electron chi connectivity index (χ4n) is 1.61. The zero-order valence-electron chi connectivity index (χ0n) is 10.8. The molecular weight excluding hydrogens is 212 g/mol. The van der Waals surface area contributed by atoms with Crippen LogP contribution in [0.1, 0.15) is 32.3 Å². The lowest BCUT2D eigenvalue weighted by Gasteiger charge is -2.07. The Kier molecular flexibility index (Phi) is 6.15. The van der Waals surface area contributed by atoms with E-state index in [2.05, 4.69) is 29.7 Å². The summed E-state index contributed by atoms with van der Waals surface area (Å²) in [7, 11) is 0. The van der Waals surface area contributed by atoms with Gasteiger partial charge < -0.3 is 10.6 Å². The van der Waals surface area contributed by atoms with E-state index in [0.717, 1.165) is 12.1 Å². The summed E-state index contributed by atoms with van der Waals surface area (Å²) in [5.41, 5.74) is 2.35. The van der Waals surface area contributed by atoms with Crippen molar-refractivity contribution in [1.82, 2.24) is 5.32 Å². The van der Waals surface area contributed by atoms with Crippen LogP contribution in [-0.2, 0) is 11.2 Å². The van der Waals surface area contributed by atoms with Gasteiger partial charge in [-0.05, 0) is 37.5 Å². The first kappa shape index (κ1) is 13.6. The average Bonchev–Trinajstić information content (AvgIpc) is 2.35. The smallest absolute Gasteiger partial charge is 0.239 e. The van der Waals surface area contributed by atoms with Crippen molar-refractivity contribution in [1.29, 1.82) is 0 Å². The summed E-state index contributed by atoms with van der Waals surface area (Å²) in [6.45, 7) is 5.13. The fraction of sp³-hybridized carbons (Fsp3) is 0.500. The maximum Gasteiger partial charge on any atom is 0.239 e. The van der Waals surface area contributed by atoms with Gasteiger partial charge in [-0.2, -0.15) is 0 Å². The second-order valence-corrected chi connectivity index (χ2v) is 4.11. The highest BCUT2D eigenvalue weighted by molar-refractivity contribution is 5.80. The van der Waals surface area contributed by atoms with Gasteiger partial charge in [0.2, 0.25) is 5.91 Å². The number of hydrogen-bond donors (Lipinski definition) is 2. The van der Waals surface area contributed by atoms with Crippen LogP contribution in [0.2, 0.25) is 0 Å². The van der Waals surface area contributed by atoms with Crippen LogP contribution in [0, 0.1) is 0 Å². The Balaban J connectivity index is 2.37. The number of benzene rings is 1. The molecule has 0 unspecified atom stereocenters. The first-order valence-corrected chi connectivity index (χ1v) is 6.35. The molecule has 3 heteroatoms. The molecule has 0 saturated heterocycles. The van der Waals surface area contributed by atoms with Crippen LogP contribution in [0.15, 0.2) is 24.3 Å². The lowest BCUT2D eigenvalue weighted by molar-refractivity contribution is -0.119. The van der Waals surface area contributed by atoms with E-state index in [1.165, 1.54) is 18.4 Å². The molecule has 0 aliphatic carbocycles. The van der Waals surface area contributed by atoms with Crippen molar-refractivity contribution in [3.63, 3.8) is 0 Å². The fourth-order valence-corrected chi connectivity index (χ4v) is 1.61. The van der Waals surface area contributed by atoms with Crippen molar-refractivity contribution in [2.75, 3.05) is 18.4 Å². The predicted molar refractivity (Wildman–Crippen MR) is 72.2 cm³/mol. The van der Waals surface area contributed by atoms with Gasteiger partial charge >= 0.3 is 0 Å². The summed E-state index contributed by atoms with van der Waals surface area (Å²) in [5.74, 6) is 0.0301. The molecule has 2 N–H and O–H groups in total. The van der Waals surface area contributed by atoms with Crippen LogP contribution >= 0.6 is 0 Å². The van der Waals surface area contributed by atoms with Crippen molar-refractivity contribution in [3.8, 4) is 0 Å². The number of hydrogen-bond acceptors (Lipinski definition) is 2. The van der Waals surface area contributed by atoms with Gasteiger partial charge in [0, 0.05) is 12.2 Å². The molecule has 0 spiro atoms. The summed E-state index contributed by atoms with van der Waals surface area (Å²) in [6, 6.07) is 8.31. The van der Waals surface area contributed by atoms with Crippen molar-refractivity contribution in [2.45, 2.75) is 33.1 Å². The van der Waals surface area contributed by atoms with Gasteiger partial charge in [-0.15, -0.1) is 0 Å². The summed E-state index contributed by atoms with van der Waals surface area (Å²) in [4.78, 5) is 11.3. The SMILES string of the molecule is CCCCc1ccc(NCC(=O)NCC)cc1. The van der Waals surface area contributed by atoms with Crippen molar-refractivity contribution in [3.05, 3.63) is 29.8 Å². The van der Waals surface area contributed by atoms with Crippen LogP contribution in [-0.4, -0.2) is 19.0 Å². The summed E-state index contributed by atoms with van der Waals surface area (Å²) < 4.78 is 0. The first-order valence-electron chi connectivity index (χ1n) is 6.35. The summed E-state index contributed by atoms with van der Waals surface area (Å²) >= 11 is 0. The van der Waals surface area contributed by atoms with Gasteiger partial charge in [0.05, 0.1) is 6.54 Å². The molecule has 0 fully saturated rings. The zero-order valence-corrected chi connectivity index (χ0v) is 10.8. The lowest BCUT2D eigenvalue weighted by atomic mass is 10.1. The number of nitrogens with one attached hydrogen (secondary N) is 2. The predicted octanol–water partition coefficient (Wildman–Crippen LogP) is 2.58. The molecule has 0 atom stereocenters. The maximum atomic E-state index is 11.3. The van der Waals surface area contributed by atoms with Crippen molar-refractivity contribution < 1.29 is 4.79 Å². The van der Waals surface area contributed by atoms with Crippen molar-refractivity contribution >= 4 is 11.6 Å². The molecule has 1 amide bonds. The third kappa shape index (κ3) is 5.38. The molecule has 94 valence electrons. The Hall–Kier alpha value is -1.51. The lowest BCUT2D eigenvalue weighted by Crippen LogP contribution is -2.29. The van der Waals surface area contributed by atoms with Gasteiger partial charge in [0.1, 0.15) is 0 Å². The van der Waals surface area contributed by atoms with E-state index in [-0.39, 0.29) is 5.91 Å². The molecular formula is C14H22N2O. The minimum Gasteiger partial charge on any atom is -0.376 e. The van der Waals surface area contributed by atoms with Gasteiger partial charge in [-0.25, -0.2) is 0 Å². The number of anilines is 1. The monoisotopic (exact) mass is 234 g/mol. The highest BCUT2D eigenvalue weighted by Crippen LogP contribution is 2.11. The third-order valence-corrected chi connectivity index (χ3v) is 2.60. The van der Waals surface area contributed by atoms with E-state index >= 15 is 0 Å². The molecule has 0 heterocycles. The molecule has 3 nitrogen and oxygen atoms in total. The quantitative estimate of drug-likeness (QED) is 0.761. The highest BCUT2D eigenvalue weighted by atomic mass is 16.1. The molecule has 0 aromatic heterocycles. The van der Waals surface area contributed by atoms with E-state index in [9.17, 15) is 4.79 Å². The normalized spacial score (nSPS) is 10.0. The number of carbonyl (C=O) groups is 1. The molecule has 0 aliphatic rings. The Morgan fingerprint density at radius 2 is 1.88 bits per heavy atom. The van der Waals surface area contributed by atoms with Crippen LogP contribution in [0.4, 0.5) is 5.69 Å². The number of likely N-dealkylation sites (N-methyl/N-ethyl adjacent to an activating group) is 1. The average molecular weight is 234 g/mol. The second kappa shape index (κ2) is 7.71. The molecule has 0 aliphatic heterocycles. The maximum absolute atomic E-state index is 11.3. The minimum atomic E-state index is 0.0301. The molecule has 0 saturated carbocycles. The Morgan fingerprint density at radius 3 is 2.47 bits per heavy atom. The third-order valence-electron chi connectivity index (χ3n) is 2.60. The first-order chi connectivity index (χ1) is 8.26. The van der Waals surface area contributed by atoms with Gasteiger partial charge in [0.25, 0.3) is 0 Å². The number of aryl methyl sites for hydroxylation is 1. The number of carbonyl (C=O) groups excluding carboxylic acids is 1. The van der Waals surface area contributed by atoms with Crippen LogP contribution in [0.3, 0.4) is 0 Å². The van der Waals surface area contributed by atoms with Crippen LogP contribution in [0.25, 0.3) is 0 Å². The number of amides is 1. The van der Waals surface area contributed by atoms with E-state index in [4.69, 9.17) is 0 Å². The minimum absolute atomic E-state index is 0.0301. The molecule has 0 radical (unpaired) electrons. The van der Waals surface area contributed by atoms with Crippen LogP contribution < -0.4 is 10.6 Å². The summed E-state index contributed by atoms with van der Waals surface area (Å²) in [6.07, 6.45) is 3.58. The zero-order chi connectivity index (χ0) is 12.5. The van der Waals surface area contributed by atoms with Crippen molar-refractivity contribution in [2.24, 2.45) is 0 Å². The van der Waals surface area contributed by atoms with Crippen LogP contribution in [0.5, 0.6) is 0 Å². The Labute approximate surface area is 104 Å². The van der Waals surface area contributed by atoms with Gasteiger partial charge in [0.15, 0.2) is 0 Å². The van der Waals surface area contributed by atoms with E-state index in [1.807, 2.05) is 19.1 Å². The van der Waals surface area contributed by atoms with E-state index in [0.29, 0.717) is 13.1 Å². The molecule has 17 heavy (non-hydrogen) atoms. The number of rotatable bonds is 7. The topological polar surface area (TPSA) is 41.1 Å². The van der Waals surface area contributed by atoms with Gasteiger partial charge in [-0.3, -0.25) is 4.79 Å². The largest absolute Gasteiger partial charge is 0.376 e. The molecule has 1 rings (SSSR count). The second-order valence-electron chi connectivity index (χ2n) is 4.11. The molecule has 0 bridgehead atoms. The molecule has 1 aromatic carbocycles. The Bertz CT molecular complexity index is 333. The molecule has 1 aromatic rings. The standard InChI is InChI=1S/C14H22N2O/c1-3-5-6-12-7-9-13(10-8-12)16-11-14(17)15-4-2/h7-10,16H,3-6,11H2,1-2H3,(H,15,17). The Morgan fingerprint density at radius 1 is 1.18 bits per heavy atom. The highest BCUT2D eigenvalue weighted by Gasteiger charge is 1.99. The van der Waals surface area contributed by atoms with E-state index in [1.54, 1.807) is 0 Å².